The van der Waals surface area contributed by atoms with E-state index in [1.54, 1.807) is 31.2 Å². The van der Waals surface area contributed by atoms with Crippen LogP contribution in [0, 0.1) is 6.92 Å². The fraction of sp³-hybridized carbons (Fsp3) is 0.0833. The minimum Gasteiger partial charge on any atom is -0.478 e. The molecule has 0 aliphatic rings. The maximum atomic E-state index is 11.8. The highest BCUT2D eigenvalue weighted by Gasteiger charge is 2.19. The van der Waals surface area contributed by atoms with Gasteiger partial charge in [0, 0.05) is 10.7 Å². The van der Waals surface area contributed by atoms with Crippen molar-refractivity contribution in [3.8, 4) is 0 Å². The number of benzene rings is 1. The van der Waals surface area contributed by atoms with Gasteiger partial charge in [-0.15, -0.1) is 0 Å². The summed E-state index contributed by atoms with van der Waals surface area (Å²) in [4.78, 5) is 22.9. The van der Waals surface area contributed by atoms with Crippen molar-refractivity contribution in [3.63, 3.8) is 0 Å². The van der Waals surface area contributed by atoms with Crippen molar-refractivity contribution in [3.05, 3.63) is 40.5 Å². The summed E-state index contributed by atoms with van der Waals surface area (Å²) >= 11 is 6.72. The number of amides is 2. The summed E-state index contributed by atoms with van der Waals surface area (Å²) in [7, 11) is 0. The van der Waals surface area contributed by atoms with Gasteiger partial charge in [-0.25, -0.2) is 9.59 Å². The van der Waals surface area contributed by atoms with Crippen LogP contribution in [0.25, 0.3) is 0 Å². The van der Waals surface area contributed by atoms with Crippen molar-refractivity contribution in [2.24, 2.45) is 0 Å². The van der Waals surface area contributed by atoms with E-state index in [1.807, 2.05) is 0 Å². The first-order valence-corrected chi connectivity index (χ1v) is 6.65. The van der Waals surface area contributed by atoms with Gasteiger partial charge in [-0.2, -0.15) is 4.37 Å². The predicted octanol–water partition coefficient (Wildman–Crippen LogP) is 3.45. The molecular weight excluding hydrogens is 302 g/mol. The van der Waals surface area contributed by atoms with Crippen molar-refractivity contribution in [2.45, 2.75) is 6.92 Å². The minimum atomic E-state index is -1.13. The third-order valence-corrected chi connectivity index (χ3v) is 3.48. The van der Waals surface area contributed by atoms with Crippen LogP contribution in [0.2, 0.25) is 5.02 Å². The van der Waals surface area contributed by atoms with E-state index in [0.717, 1.165) is 11.5 Å². The molecule has 0 aliphatic heterocycles. The van der Waals surface area contributed by atoms with Crippen molar-refractivity contribution in [1.82, 2.24) is 4.37 Å². The van der Waals surface area contributed by atoms with Crippen LogP contribution in [0.4, 0.5) is 15.5 Å². The van der Waals surface area contributed by atoms with E-state index in [4.69, 9.17) is 16.7 Å². The molecule has 1 heterocycles. The molecule has 3 N–H and O–H groups in total. The Balaban J connectivity index is 2.11. The summed E-state index contributed by atoms with van der Waals surface area (Å²) in [5.41, 5.74) is 0.866. The molecule has 2 rings (SSSR count). The van der Waals surface area contributed by atoms with Gasteiger partial charge < -0.3 is 10.4 Å². The standard InChI is InChI=1S/C12H10ClN3O3S/c1-6-9(11(17)18)10(20-16-6)15-12(19)14-8-4-2-3-7(13)5-8/h2-5H,1H3,(H,17,18)(H2,14,15,19). The summed E-state index contributed by atoms with van der Waals surface area (Å²) < 4.78 is 3.91. The number of carbonyl (C=O) groups excluding carboxylic acids is 1. The largest absolute Gasteiger partial charge is 0.478 e. The number of carbonyl (C=O) groups is 2. The zero-order chi connectivity index (χ0) is 14.7. The smallest absolute Gasteiger partial charge is 0.340 e. The summed E-state index contributed by atoms with van der Waals surface area (Å²) in [6.07, 6.45) is 0. The van der Waals surface area contributed by atoms with Crippen LogP contribution in [0.15, 0.2) is 24.3 Å². The molecule has 0 spiro atoms. The molecule has 0 fully saturated rings. The first-order chi connectivity index (χ1) is 9.47. The summed E-state index contributed by atoms with van der Waals surface area (Å²) in [6.45, 7) is 1.57. The molecule has 0 aliphatic carbocycles. The second-order valence-electron chi connectivity index (χ2n) is 3.87. The highest BCUT2D eigenvalue weighted by molar-refractivity contribution is 7.11. The number of urea groups is 1. The zero-order valence-corrected chi connectivity index (χ0v) is 11.9. The van der Waals surface area contributed by atoms with Crippen LogP contribution in [0.5, 0.6) is 0 Å². The molecule has 2 aromatic rings. The Kier molecular flexibility index (Phi) is 4.21. The zero-order valence-electron chi connectivity index (χ0n) is 10.3. The lowest BCUT2D eigenvalue weighted by Crippen LogP contribution is -2.20. The average Bonchev–Trinajstić information content (AvgIpc) is 2.70. The van der Waals surface area contributed by atoms with E-state index < -0.39 is 12.0 Å². The Hall–Kier alpha value is -2.12. The average molecular weight is 312 g/mol. The van der Waals surface area contributed by atoms with Gasteiger partial charge >= 0.3 is 12.0 Å². The molecule has 6 nitrogen and oxygen atoms in total. The second kappa shape index (κ2) is 5.89. The van der Waals surface area contributed by atoms with Crippen LogP contribution < -0.4 is 10.6 Å². The van der Waals surface area contributed by atoms with Crippen molar-refractivity contribution >= 4 is 45.8 Å². The number of aryl methyl sites for hydroxylation is 1. The Bertz CT molecular complexity index is 672. The Morgan fingerprint density at radius 1 is 1.35 bits per heavy atom. The van der Waals surface area contributed by atoms with E-state index in [2.05, 4.69) is 15.0 Å². The van der Waals surface area contributed by atoms with Crippen molar-refractivity contribution < 1.29 is 14.7 Å². The van der Waals surface area contributed by atoms with Crippen LogP contribution in [0.1, 0.15) is 16.1 Å². The van der Waals surface area contributed by atoms with Crippen LogP contribution in [-0.2, 0) is 0 Å². The normalized spacial score (nSPS) is 10.1. The quantitative estimate of drug-likeness (QED) is 0.809. The van der Waals surface area contributed by atoms with Crippen LogP contribution in [0.3, 0.4) is 0 Å². The van der Waals surface area contributed by atoms with E-state index >= 15 is 0 Å². The van der Waals surface area contributed by atoms with E-state index in [0.29, 0.717) is 16.4 Å². The first kappa shape index (κ1) is 14.3. The first-order valence-electron chi connectivity index (χ1n) is 5.50. The number of hydrogen-bond acceptors (Lipinski definition) is 4. The molecule has 8 heteroatoms. The molecule has 0 saturated carbocycles. The number of carboxylic acid groups (broad SMARTS) is 1. The van der Waals surface area contributed by atoms with Crippen molar-refractivity contribution in [1.29, 1.82) is 0 Å². The monoisotopic (exact) mass is 311 g/mol. The van der Waals surface area contributed by atoms with Gasteiger partial charge in [0.05, 0.1) is 5.69 Å². The fourth-order valence-corrected chi connectivity index (χ4v) is 2.51. The number of nitrogens with zero attached hydrogens (tertiary/aromatic N) is 1. The molecule has 104 valence electrons. The molecule has 0 radical (unpaired) electrons. The molecule has 1 aromatic heterocycles. The Labute approximate surface area is 123 Å². The highest BCUT2D eigenvalue weighted by atomic mass is 35.5. The number of nitrogens with one attached hydrogen (secondary N) is 2. The number of rotatable bonds is 3. The molecule has 0 saturated heterocycles. The third kappa shape index (κ3) is 3.25. The van der Waals surface area contributed by atoms with E-state index in [-0.39, 0.29) is 10.6 Å². The number of halogens is 1. The molecule has 0 bridgehead atoms. The van der Waals surface area contributed by atoms with E-state index in [9.17, 15) is 9.59 Å². The van der Waals surface area contributed by atoms with Gasteiger partial charge in [0.25, 0.3) is 0 Å². The molecule has 0 unspecified atom stereocenters. The number of carboxylic acids is 1. The summed E-state index contributed by atoms with van der Waals surface area (Å²) in [6, 6.07) is 6.06. The molecular formula is C12H10ClN3O3S. The molecule has 1 aromatic carbocycles. The topological polar surface area (TPSA) is 91.3 Å². The van der Waals surface area contributed by atoms with Gasteiger partial charge in [0.15, 0.2) is 0 Å². The van der Waals surface area contributed by atoms with Gasteiger partial charge in [0.1, 0.15) is 10.6 Å². The van der Waals surface area contributed by atoms with Gasteiger partial charge in [-0.1, -0.05) is 17.7 Å². The Morgan fingerprint density at radius 3 is 2.75 bits per heavy atom. The number of aromatic nitrogens is 1. The lowest BCUT2D eigenvalue weighted by atomic mass is 10.2. The maximum Gasteiger partial charge on any atom is 0.340 e. The van der Waals surface area contributed by atoms with Crippen LogP contribution >= 0.6 is 23.1 Å². The lowest BCUT2D eigenvalue weighted by Gasteiger charge is -2.06. The van der Waals surface area contributed by atoms with Gasteiger partial charge in [-0.05, 0) is 36.7 Å². The SMILES string of the molecule is Cc1nsc(NC(=O)Nc2cccc(Cl)c2)c1C(=O)O. The third-order valence-electron chi connectivity index (χ3n) is 2.39. The fourth-order valence-electron chi connectivity index (χ4n) is 1.54. The number of aromatic carboxylic acids is 1. The number of anilines is 2. The highest BCUT2D eigenvalue weighted by Crippen LogP contribution is 2.24. The predicted molar refractivity (Wildman–Crippen MR) is 77.9 cm³/mol. The van der Waals surface area contributed by atoms with Gasteiger partial charge in [-0.3, -0.25) is 5.32 Å². The summed E-state index contributed by atoms with van der Waals surface area (Å²) in [5, 5.41) is 14.8. The van der Waals surface area contributed by atoms with Crippen LogP contribution in [-0.4, -0.2) is 21.5 Å². The number of hydrogen-bond donors (Lipinski definition) is 3. The van der Waals surface area contributed by atoms with E-state index in [1.165, 1.54) is 0 Å². The summed E-state index contributed by atoms with van der Waals surface area (Å²) in [5.74, 6) is -1.13. The minimum absolute atomic E-state index is 0.00348. The molecule has 0 atom stereocenters. The second-order valence-corrected chi connectivity index (χ2v) is 5.08. The van der Waals surface area contributed by atoms with Gasteiger partial charge in [0.2, 0.25) is 0 Å². The molecule has 2 amide bonds. The lowest BCUT2D eigenvalue weighted by molar-refractivity contribution is 0.0697. The molecule has 20 heavy (non-hydrogen) atoms. The Morgan fingerprint density at radius 2 is 2.10 bits per heavy atom. The van der Waals surface area contributed by atoms with Crippen molar-refractivity contribution in [2.75, 3.05) is 10.6 Å². The maximum absolute atomic E-state index is 11.8.